The third kappa shape index (κ3) is 5.29. The predicted molar refractivity (Wildman–Crippen MR) is 145 cm³/mol. The summed E-state index contributed by atoms with van der Waals surface area (Å²) in [6.45, 7) is 5.15. The smallest absolute Gasteiger partial charge is 0.263 e. The lowest BCUT2D eigenvalue weighted by Gasteiger charge is -2.27. The molecule has 6 heteroatoms. The predicted octanol–water partition coefficient (Wildman–Crippen LogP) is 7.19. The van der Waals surface area contributed by atoms with Crippen LogP contribution in [0.4, 0.5) is 0 Å². The normalized spacial score (nSPS) is 17.3. The zero-order valence-electron chi connectivity index (χ0n) is 20.4. The van der Waals surface area contributed by atoms with Crippen molar-refractivity contribution in [3.63, 3.8) is 0 Å². The SMILES string of the molecule is CCCCCCSc1nc2sc3c(c2c(=O)n1C1CCCCC1)CCN(Cc1ccccc1)C3. The number of aromatic nitrogens is 2. The molecule has 0 bridgehead atoms. The van der Waals surface area contributed by atoms with E-state index < -0.39 is 0 Å². The number of nitrogens with zero attached hydrogens (tertiary/aromatic N) is 3. The molecule has 0 atom stereocenters. The Balaban J connectivity index is 1.44. The maximum Gasteiger partial charge on any atom is 0.263 e. The molecule has 1 saturated carbocycles. The first-order valence-electron chi connectivity index (χ1n) is 13.2. The maximum atomic E-state index is 14.0. The van der Waals surface area contributed by atoms with Crippen LogP contribution in [0.25, 0.3) is 10.2 Å². The molecule has 0 spiro atoms. The zero-order chi connectivity index (χ0) is 23.3. The van der Waals surface area contributed by atoms with Gasteiger partial charge in [0.15, 0.2) is 5.16 Å². The highest BCUT2D eigenvalue weighted by Gasteiger charge is 2.28. The van der Waals surface area contributed by atoms with Crippen molar-refractivity contribution in [2.24, 2.45) is 0 Å². The molecule has 1 aliphatic heterocycles. The largest absolute Gasteiger partial charge is 0.294 e. The number of thioether (sulfide) groups is 1. The van der Waals surface area contributed by atoms with E-state index in [9.17, 15) is 4.79 Å². The molecule has 2 aliphatic rings. The molecule has 34 heavy (non-hydrogen) atoms. The molecule has 0 unspecified atom stereocenters. The first kappa shape index (κ1) is 24.1. The first-order valence-corrected chi connectivity index (χ1v) is 15.0. The minimum Gasteiger partial charge on any atom is -0.294 e. The summed E-state index contributed by atoms with van der Waals surface area (Å²) in [5, 5.41) is 1.90. The van der Waals surface area contributed by atoms with Crippen molar-refractivity contribution in [1.82, 2.24) is 14.5 Å². The fourth-order valence-corrected chi connectivity index (χ4v) is 7.89. The van der Waals surface area contributed by atoms with Gasteiger partial charge < -0.3 is 0 Å². The second kappa shape index (κ2) is 11.4. The Labute approximate surface area is 211 Å². The number of hydrogen-bond acceptors (Lipinski definition) is 5. The van der Waals surface area contributed by atoms with E-state index in [1.54, 1.807) is 11.3 Å². The first-order chi connectivity index (χ1) is 16.7. The van der Waals surface area contributed by atoms with Gasteiger partial charge in [0.1, 0.15) is 4.83 Å². The quantitative estimate of drug-likeness (QED) is 0.179. The van der Waals surface area contributed by atoms with Gasteiger partial charge in [-0.15, -0.1) is 11.3 Å². The van der Waals surface area contributed by atoms with Crippen molar-refractivity contribution in [3.05, 3.63) is 56.7 Å². The van der Waals surface area contributed by atoms with Crippen LogP contribution in [0, 0.1) is 0 Å². The van der Waals surface area contributed by atoms with Crippen LogP contribution in [0.1, 0.15) is 86.8 Å². The van der Waals surface area contributed by atoms with E-state index in [2.05, 4.69) is 46.7 Å². The van der Waals surface area contributed by atoms with Crippen LogP contribution in [-0.2, 0) is 19.5 Å². The molecular formula is C28H37N3OS2. The summed E-state index contributed by atoms with van der Waals surface area (Å²) < 4.78 is 2.12. The summed E-state index contributed by atoms with van der Waals surface area (Å²) in [5.74, 6) is 1.06. The molecule has 2 aromatic heterocycles. The van der Waals surface area contributed by atoms with Crippen molar-refractivity contribution >= 4 is 33.3 Å². The highest BCUT2D eigenvalue weighted by Crippen LogP contribution is 2.36. The van der Waals surface area contributed by atoms with E-state index in [0.29, 0.717) is 6.04 Å². The summed E-state index contributed by atoms with van der Waals surface area (Å²) in [6, 6.07) is 11.0. The fraction of sp³-hybridized carbons (Fsp3) is 0.571. The summed E-state index contributed by atoms with van der Waals surface area (Å²) in [4.78, 5) is 24.0. The van der Waals surface area contributed by atoms with Gasteiger partial charge in [-0.1, -0.05) is 87.5 Å². The number of fused-ring (bicyclic) bond motifs is 3. The van der Waals surface area contributed by atoms with E-state index in [-0.39, 0.29) is 5.56 Å². The van der Waals surface area contributed by atoms with Gasteiger partial charge >= 0.3 is 0 Å². The van der Waals surface area contributed by atoms with Crippen LogP contribution >= 0.6 is 23.1 Å². The van der Waals surface area contributed by atoms with Crippen LogP contribution in [0.15, 0.2) is 40.3 Å². The van der Waals surface area contributed by atoms with Crippen molar-refractivity contribution < 1.29 is 0 Å². The molecule has 4 nitrogen and oxygen atoms in total. The van der Waals surface area contributed by atoms with Crippen LogP contribution in [0.3, 0.4) is 0 Å². The summed E-state index contributed by atoms with van der Waals surface area (Å²) in [7, 11) is 0. The molecule has 0 amide bonds. The Morgan fingerprint density at radius 2 is 1.91 bits per heavy atom. The summed E-state index contributed by atoms with van der Waals surface area (Å²) in [5.41, 5.74) is 2.87. The van der Waals surface area contributed by atoms with Crippen LogP contribution in [0.2, 0.25) is 0 Å². The highest BCUT2D eigenvalue weighted by atomic mass is 32.2. The average Bonchev–Trinajstić information content (AvgIpc) is 3.23. The van der Waals surface area contributed by atoms with Crippen LogP contribution in [-0.4, -0.2) is 26.7 Å². The highest BCUT2D eigenvalue weighted by molar-refractivity contribution is 7.99. The molecule has 1 aliphatic carbocycles. The van der Waals surface area contributed by atoms with Crippen molar-refractivity contribution in [3.8, 4) is 0 Å². The molecule has 1 fully saturated rings. The van der Waals surface area contributed by atoms with E-state index in [1.165, 1.54) is 60.9 Å². The Morgan fingerprint density at radius 3 is 2.71 bits per heavy atom. The molecule has 3 aromatic rings. The van der Waals surface area contributed by atoms with Gasteiger partial charge in [0.2, 0.25) is 0 Å². The van der Waals surface area contributed by atoms with Gasteiger partial charge in [-0.25, -0.2) is 4.98 Å². The lowest BCUT2D eigenvalue weighted by atomic mass is 9.95. The summed E-state index contributed by atoms with van der Waals surface area (Å²) in [6.07, 6.45) is 12.0. The molecule has 5 rings (SSSR count). The van der Waals surface area contributed by atoms with Crippen molar-refractivity contribution in [2.45, 2.75) is 95.4 Å². The minimum atomic E-state index is 0.238. The Morgan fingerprint density at radius 1 is 1.09 bits per heavy atom. The molecule has 3 heterocycles. The van der Waals surface area contributed by atoms with Gasteiger partial charge in [0.05, 0.1) is 5.39 Å². The van der Waals surface area contributed by atoms with Crippen molar-refractivity contribution in [1.29, 1.82) is 0 Å². The fourth-order valence-electron chi connectivity index (χ4n) is 5.52. The molecule has 0 radical (unpaired) electrons. The van der Waals surface area contributed by atoms with Gasteiger partial charge in [-0.2, -0.15) is 0 Å². The number of benzene rings is 1. The van der Waals surface area contributed by atoms with Crippen LogP contribution < -0.4 is 5.56 Å². The zero-order valence-corrected chi connectivity index (χ0v) is 22.1. The molecular weight excluding hydrogens is 458 g/mol. The van der Waals surface area contributed by atoms with E-state index in [0.717, 1.165) is 60.0 Å². The van der Waals surface area contributed by atoms with Gasteiger partial charge in [-0.3, -0.25) is 14.3 Å². The van der Waals surface area contributed by atoms with Crippen LogP contribution in [0.5, 0.6) is 0 Å². The second-order valence-corrected chi connectivity index (χ2v) is 12.0. The third-order valence-corrected chi connectivity index (χ3v) is 9.52. The third-order valence-electron chi connectivity index (χ3n) is 7.37. The average molecular weight is 496 g/mol. The van der Waals surface area contributed by atoms with Gasteiger partial charge in [-0.05, 0) is 36.8 Å². The van der Waals surface area contributed by atoms with E-state index in [4.69, 9.17) is 4.98 Å². The number of unbranched alkanes of at least 4 members (excludes halogenated alkanes) is 3. The minimum absolute atomic E-state index is 0.238. The van der Waals surface area contributed by atoms with Crippen molar-refractivity contribution in [2.75, 3.05) is 12.3 Å². The number of rotatable bonds is 9. The van der Waals surface area contributed by atoms with Gasteiger partial charge in [0.25, 0.3) is 5.56 Å². The molecule has 1 aromatic carbocycles. The monoisotopic (exact) mass is 495 g/mol. The molecule has 182 valence electrons. The van der Waals surface area contributed by atoms with E-state index >= 15 is 0 Å². The Bertz CT molecular complexity index is 1150. The lowest BCUT2D eigenvalue weighted by molar-refractivity contribution is 0.249. The van der Waals surface area contributed by atoms with Gasteiger partial charge in [0, 0.05) is 36.3 Å². The topological polar surface area (TPSA) is 38.1 Å². The lowest BCUT2D eigenvalue weighted by Crippen LogP contribution is -2.31. The number of thiophene rings is 1. The molecule has 0 saturated heterocycles. The molecule has 0 N–H and O–H groups in total. The number of hydrogen-bond donors (Lipinski definition) is 0. The summed E-state index contributed by atoms with van der Waals surface area (Å²) >= 11 is 3.58. The maximum absolute atomic E-state index is 14.0. The second-order valence-electron chi connectivity index (χ2n) is 9.90. The standard InChI is InChI=1S/C28H37N3OS2/c1-2-3-4-11-18-33-28-29-26-25(27(32)31(28)22-14-9-6-10-15-22)23-16-17-30(20-24(23)34-26)19-21-12-7-5-8-13-21/h5,7-8,12-13,22H,2-4,6,9-11,14-20H2,1H3. The Kier molecular flexibility index (Phi) is 8.08. The Hall–Kier alpha value is -1.63. The van der Waals surface area contributed by atoms with E-state index in [1.807, 2.05) is 11.8 Å².